The van der Waals surface area contributed by atoms with E-state index < -0.39 is 11.9 Å². The molecule has 2 saturated carbocycles. The van der Waals surface area contributed by atoms with E-state index in [9.17, 15) is 15.0 Å². The maximum atomic E-state index is 11.6. The molecule has 5 fully saturated rings. The number of ether oxygens (including phenoxy) is 3. The monoisotopic (exact) mass is 794 g/mol. The number of aromatic hydroxyl groups is 1. The summed E-state index contributed by atoms with van der Waals surface area (Å²) in [6.45, 7) is 8.47. The fourth-order valence-corrected chi connectivity index (χ4v) is 9.67. The second-order valence-corrected chi connectivity index (χ2v) is 17.2. The number of carbonyl (C=O) groups is 1. The molecule has 0 spiro atoms. The molecule has 3 saturated heterocycles. The lowest BCUT2D eigenvalue weighted by molar-refractivity contribution is -0.140. The summed E-state index contributed by atoms with van der Waals surface area (Å²) < 4.78 is 24.2. The Kier molecular flexibility index (Phi) is 10.7. The molecule has 4 N–H and O–H groups in total. The van der Waals surface area contributed by atoms with Crippen molar-refractivity contribution in [1.82, 2.24) is 25.2 Å². The van der Waals surface area contributed by atoms with Crippen molar-refractivity contribution in [2.75, 3.05) is 48.3 Å². The quantitative estimate of drug-likeness (QED) is 0.140. The van der Waals surface area contributed by atoms with Gasteiger partial charge in [0.15, 0.2) is 11.6 Å². The number of piperidine rings is 1. The van der Waals surface area contributed by atoms with Crippen LogP contribution in [0.5, 0.6) is 17.5 Å². The molecular weight excluding hydrogens is 741 g/mol. The van der Waals surface area contributed by atoms with Gasteiger partial charge in [0.05, 0.1) is 23.6 Å². The van der Waals surface area contributed by atoms with Gasteiger partial charge >= 0.3 is 5.97 Å². The Morgan fingerprint density at radius 3 is 2.34 bits per heavy atom. The van der Waals surface area contributed by atoms with Crippen LogP contribution in [0.15, 0.2) is 59.3 Å². The molecule has 3 aliphatic heterocycles. The average molecular weight is 795 g/mol. The summed E-state index contributed by atoms with van der Waals surface area (Å²) in [7, 11) is 0. The average Bonchev–Trinajstić information content (AvgIpc) is 3.74. The van der Waals surface area contributed by atoms with Crippen LogP contribution in [0.25, 0.3) is 11.3 Å². The number of nitrogens with two attached hydrogens (primary N) is 1. The van der Waals surface area contributed by atoms with Gasteiger partial charge in [-0.2, -0.15) is 0 Å². The van der Waals surface area contributed by atoms with E-state index in [0.29, 0.717) is 52.6 Å². The van der Waals surface area contributed by atoms with Crippen molar-refractivity contribution < 1.29 is 33.7 Å². The predicted octanol–water partition coefficient (Wildman–Crippen LogP) is 5.74. The van der Waals surface area contributed by atoms with E-state index in [1.807, 2.05) is 38.2 Å². The van der Waals surface area contributed by atoms with E-state index in [2.05, 4.69) is 47.2 Å². The molecule has 2 bridgehead atoms. The Morgan fingerprint density at radius 1 is 0.897 bits per heavy atom. The number of piperazine rings is 1. The summed E-state index contributed by atoms with van der Waals surface area (Å²) in [4.78, 5) is 23.6. The van der Waals surface area contributed by atoms with Crippen LogP contribution in [0.3, 0.4) is 0 Å². The summed E-state index contributed by atoms with van der Waals surface area (Å²) >= 11 is 0. The van der Waals surface area contributed by atoms with Crippen LogP contribution in [0, 0.1) is 11.8 Å². The minimum atomic E-state index is -0.915. The van der Waals surface area contributed by atoms with Crippen LogP contribution in [0.2, 0.25) is 0 Å². The van der Waals surface area contributed by atoms with Crippen molar-refractivity contribution in [2.24, 2.45) is 11.8 Å². The molecule has 15 nitrogen and oxygen atoms in total. The number of carboxylic acids is 1. The first-order valence-corrected chi connectivity index (χ1v) is 20.9. The van der Waals surface area contributed by atoms with E-state index in [4.69, 9.17) is 24.5 Å². The van der Waals surface area contributed by atoms with Crippen LogP contribution in [0.1, 0.15) is 76.9 Å². The Morgan fingerprint density at radius 2 is 1.62 bits per heavy atom. The number of phenolic OH excluding ortho intramolecular Hbond substituents is 1. The molecule has 4 aromatic rings. The van der Waals surface area contributed by atoms with Crippen LogP contribution >= 0.6 is 0 Å². The second kappa shape index (κ2) is 16.2. The number of anilines is 3. The molecule has 3 aromatic heterocycles. The number of fused-ring (bicyclic) bond motifs is 2. The topological polar surface area (TPSA) is 186 Å². The molecule has 58 heavy (non-hydrogen) atoms. The lowest BCUT2D eigenvalue weighted by Gasteiger charge is -2.43. The number of rotatable bonds is 14. The molecule has 3 atom stereocenters. The summed E-state index contributed by atoms with van der Waals surface area (Å²) in [6, 6.07) is 15.5. The van der Waals surface area contributed by atoms with Gasteiger partial charge in [-0.15, -0.1) is 10.2 Å². The molecule has 6 heterocycles. The lowest BCUT2D eigenvalue weighted by Crippen LogP contribution is -2.54. The minimum absolute atomic E-state index is 0.0903. The van der Waals surface area contributed by atoms with Gasteiger partial charge in [0.25, 0.3) is 5.88 Å². The SMILES string of the molecule is CC(C)C(C(=O)O)c1cc(OC2CC(CN3CCC(OC4CC(Oc5cc(N6C7CCC6CN(c6cc(-c8ccccc8O)nnc6N)C7)ccn5)C4)CC3)C2)no1. The molecule has 3 unspecified atom stereocenters. The van der Waals surface area contributed by atoms with E-state index in [0.717, 1.165) is 95.5 Å². The Balaban J connectivity index is 0.694. The number of hydrogen-bond donors (Lipinski definition) is 3. The Bertz CT molecular complexity index is 2050. The number of pyridine rings is 1. The van der Waals surface area contributed by atoms with E-state index in [1.165, 1.54) is 0 Å². The summed E-state index contributed by atoms with van der Waals surface area (Å²) in [6.07, 6.45) is 10.5. The number of benzene rings is 1. The van der Waals surface area contributed by atoms with Crippen LogP contribution in [0.4, 0.5) is 17.2 Å². The maximum absolute atomic E-state index is 11.6. The van der Waals surface area contributed by atoms with Crippen LogP contribution in [-0.4, -0.2) is 111 Å². The minimum Gasteiger partial charge on any atom is -0.507 e. The van der Waals surface area contributed by atoms with Crippen molar-refractivity contribution in [3.63, 3.8) is 0 Å². The molecule has 15 heteroatoms. The zero-order valence-electron chi connectivity index (χ0n) is 33.2. The fraction of sp³-hybridized carbons (Fsp3) is 0.558. The third kappa shape index (κ3) is 8.11. The largest absolute Gasteiger partial charge is 0.507 e. The highest BCUT2D eigenvalue weighted by Crippen LogP contribution is 2.41. The number of aromatic nitrogens is 4. The van der Waals surface area contributed by atoms with Gasteiger partial charge in [0, 0.05) is 87.2 Å². The van der Waals surface area contributed by atoms with Crippen molar-refractivity contribution in [1.29, 1.82) is 0 Å². The van der Waals surface area contributed by atoms with Crippen LogP contribution < -0.4 is 25.0 Å². The third-order valence-electron chi connectivity index (χ3n) is 12.8. The van der Waals surface area contributed by atoms with Gasteiger partial charge in [-0.1, -0.05) is 26.0 Å². The summed E-state index contributed by atoms with van der Waals surface area (Å²) in [5.74, 6) is 0.789. The van der Waals surface area contributed by atoms with Crippen molar-refractivity contribution in [3.8, 4) is 28.8 Å². The fourth-order valence-electron chi connectivity index (χ4n) is 9.67. The van der Waals surface area contributed by atoms with E-state index in [1.54, 1.807) is 18.2 Å². The molecule has 1 aromatic carbocycles. The highest BCUT2D eigenvalue weighted by Gasteiger charge is 2.42. The second-order valence-electron chi connectivity index (χ2n) is 17.2. The number of likely N-dealkylation sites (tertiary alicyclic amines) is 1. The highest BCUT2D eigenvalue weighted by molar-refractivity contribution is 5.76. The number of nitrogens with zero attached hydrogens (tertiary/aromatic N) is 7. The molecule has 5 aliphatic rings. The Labute approximate surface area is 338 Å². The highest BCUT2D eigenvalue weighted by atomic mass is 16.5. The third-order valence-corrected chi connectivity index (χ3v) is 12.8. The molecule has 0 amide bonds. The van der Waals surface area contributed by atoms with Gasteiger partial charge < -0.3 is 49.4 Å². The molecule has 2 aliphatic carbocycles. The number of carboxylic acid groups (broad SMARTS) is 1. The van der Waals surface area contributed by atoms with Crippen molar-refractivity contribution in [2.45, 2.75) is 108 Å². The van der Waals surface area contributed by atoms with Gasteiger partial charge in [-0.25, -0.2) is 4.98 Å². The zero-order valence-corrected chi connectivity index (χ0v) is 33.2. The van der Waals surface area contributed by atoms with E-state index >= 15 is 0 Å². The van der Waals surface area contributed by atoms with E-state index in [-0.39, 0.29) is 36.1 Å². The zero-order chi connectivity index (χ0) is 39.9. The molecule has 0 radical (unpaired) electrons. The van der Waals surface area contributed by atoms with Gasteiger partial charge in [-0.3, -0.25) is 4.79 Å². The standard InChI is InChI=1S/C43H54N8O7/c1-25(2)41(43(53)54)38-21-40(48-58-38)57-31-15-26(16-31)22-49-13-10-30(11-14-49)55-32-18-33(19-32)56-39-17-27(9-12-45-39)51-28-7-8-29(51)24-50(23-28)36-20-35(46-47-42(36)44)34-5-3-4-6-37(34)52/h3-6,9,12,17,20-21,25-26,28-33,41,52H,7-8,10-11,13-16,18-19,22-24H2,1-2H3,(H2,44,47)(H,53,54). The first-order chi connectivity index (χ1) is 28.1. The number of aliphatic carboxylic acids is 1. The molecule has 9 rings (SSSR count). The van der Waals surface area contributed by atoms with Gasteiger partial charge in [0.1, 0.15) is 23.9 Å². The van der Waals surface area contributed by atoms with Gasteiger partial charge in [-0.05, 0) is 79.8 Å². The maximum Gasteiger partial charge on any atom is 0.314 e. The molecular formula is C43H54N8O7. The molecule has 308 valence electrons. The van der Waals surface area contributed by atoms with Crippen LogP contribution in [-0.2, 0) is 9.53 Å². The number of hydrogen-bond acceptors (Lipinski definition) is 14. The van der Waals surface area contributed by atoms with Crippen molar-refractivity contribution in [3.05, 3.63) is 60.5 Å². The number of nitrogen functional groups attached to an aromatic ring is 1. The number of para-hydroxylation sites is 1. The first-order valence-electron chi connectivity index (χ1n) is 20.9. The number of phenols is 1. The lowest BCUT2D eigenvalue weighted by atomic mass is 9.81. The summed E-state index contributed by atoms with van der Waals surface area (Å²) in [5, 5.41) is 32.4. The first kappa shape index (κ1) is 38.4. The predicted molar refractivity (Wildman–Crippen MR) is 216 cm³/mol. The van der Waals surface area contributed by atoms with Gasteiger partial charge in [0.2, 0.25) is 5.88 Å². The summed E-state index contributed by atoms with van der Waals surface area (Å²) in [5.41, 5.74) is 9.59. The smallest absolute Gasteiger partial charge is 0.314 e. The Hall–Kier alpha value is -5.15. The normalized spacial score (nSPS) is 26.6. The van der Waals surface area contributed by atoms with Crippen molar-refractivity contribution >= 4 is 23.2 Å².